The van der Waals surface area contributed by atoms with Gasteiger partial charge in [0.2, 0.25) is 5.75 Å². The third kappa shape index (κ3) is 5.76. The Morgan fingerprint density at radius 3 is 2.65 bits per heavy atom. The molecular formula is C23H25ClN2O5. The van der Waals surface area contributed by atoms with Gasteiger partial charge in [-0.2, -0.15) is 5.10 Å². The van der Waals surface area contributed by atoms with Crippen molar-refractivity contribution in [2.75, 3.05) is 13.2 Å². The van der Waals surface area contributed by atoms with Crippen LogP contribution in [0, 0.1) is 0 Å². The van der Waals surface area contributed by atoms with Gasteiger partial charge in [0.05, 0.1) is 24.7 Å². The van der Waals surface area contributed by atoms with E-state index in [0.717, 1.165) is 12.8 Å². The molecule has 0 saturated heterocycles. The summed E-state index contributed by atoms with van der Waals surface area (Å²) in [4.78, 5) is 24.8. The summed E-state index contributed by atoms with van der Waals surface area (Å²) in [7, 11) is 0. The number of ether oxygens (including phenoxy) is 3. The minimum Gasteiger partial charge on any atom is -0.490 e. The Bertz CT molecular complexity index is 1110. The van der Waals surface area contributed by atoms with Crippen molar-refractivity contribution in [3.8, 4) is 17.2 Å². The standard InChI is InChI=1S/C23H25ClN2O5/c1-3-5-9-21(27)31-22-19(29-4-2)7-6-8-20(22)30-13-12-26-23(28)18-11-10-17(24)14-16(18)15-25-26/h6-8,10-11,14-15H,3-5,9,12-13H2,1-2H3. The fourth-order valence-corrected chi connectivity index (χ4v) is 3.21. The summed E-state index contributed by atoms with van der Waals surface area (Å²) in [5, 5.41) is 5.94. The Morgan fingerprint density at radius 2 is 1.90 bits per heavy atom. The Kier molecular flexibility index (Phi) is 7.89. The SMILES string of the molecule is CCCCC(=O)Oc1c(OCC)cccc1OCCn1ncc2cc(Cl)ccc2c1=O. The van der Waals surface area contributed by atoms with Gasteiger partial charge >= 0.3 is 5.97 Å². The van der Waals surface area contributed by atoms with Crippen molar-refractivity contribution in [1.82, 2.24) is 9.78 Å². The number of aromatic nitrogens is 2. The lowest BCUT2D eigenvalue weighted by atomic mass is 10.2. The van der Waals surface area contributed by atoms with Crippen LogP contribution in [0.25, 0.3) is 10.8 Å². The van der Waals surface area contributed by atoms with Crippen molar-refractivity contribution >= 4 is 28.3 Å². The molecule has 1 heterocycles. The van der Waals surface area contributed by atoms with Crippen LogP contribution < -0.4 is 19.8 Å². The first-order valence-electron chi connectivity index (χ1n) is 10.3. The van der Waals surface area contributed by atoms with E-state index >= 15 is 0 Å². The average Bonchev–Trinajstić information content (AvgIpc) is 2.76. The molecule has 7 nitrogen and oxygen atoms in total. The molecule has 0 N–H and O–H groups in total. The van der Waals surface area contributed by atoms with Gasteiger partial charge in [0.15, 0.2) is 11.5 Å². The second kappa shape index (κ2) is 10.8. The van der Waals surface area contributed by atoms with Gasteiger partial charge in [-0.1, -0.05) is 31.0 Å². The predicted molar refractivity (Wildman–Crippen MR) is 119 cm³/mol. The van der Waals surface area contributed by atoms with E-state index in [1.807, 2.05) is 13.8 Å². The van der Waals surface area contributed by atoms with E-state index in [-0.39, 0.29) is 30.4 Å². The second-order valence-electron chi connectivity index (χ2n) is 6.85. The molecule has 164 valence electrons. The summed E-state index contributed by atoms with van der Waals surface area (Å²) in [6, 6.07) is 10.2. The van der Waals surface area contributed by atoms with Gasteiger partial charge in [0.1, 0.15) is 6.61 Å². The molecule has 8 heteroatoms. The number of halogens is 1. The normalized spacial score (nSPS) is 10.8. The van der Waals surface area contributed by atoms with Crippen molar-refractivity contribution in [2.24, 2.45) is 0 Å². The number of unbranched alkanes of at least 4 members (excludes halogenated alkanes) is 1. The monoisotopic (exact) mass is 444 g/mol. The van der Waals surface area contributed by atoms with E-state index in [0.29, 0.717) is 40.3 Å². The van der Waals surface area contributed by atoms with Crippen molar-refractivity contribution < 1.29 is 19.0 Å². The van der Waals surface area contributed by atoms with Crippen LogP contribution in [0.3, 0.4) is 0 Å². The van der Waals surface area contributed by atoms with Gasteiger partial charge in [-0.15, -0.1) is 0 Å². The highest BCUT2D eigenvalue weighted by atomic mass is 35.5. The quantitative estimate of drug-likeness (QED) is 0.335. The Balaban J connectivity index is 1.75. The van der Waals surface area contributed by atoms with Gasteiger partial charge in [0.25, 0.3) is 5.56 Å². The number of carbonyl (C=O) groups is 1. The van der Waals surface area contributed by atoms with Crippen LogP contribution >= 0.6 is 11.6 Å². The molecular weight excluding hydrogens is 420 g/mol. The Labute approximate surface area is 185 Å². The van der Waals surface area contributed by atoms with E-state index < -0.39 is 0 Å². The summed E-state index contributed by atoms with van der Waals surface area (Å²) >= 11 is 5.97. The Hall–Kier alpha value is -3.06. The van der Waals surface area contributed by atoms with E-state index in [9.17, 15) is 9.59 Å². The number of hydrogen-bond acceptors (Lipinski definition) is 6. The molecule has 0 saturated carbocycles. The van der Waals surface area contributed by atoms with Crippen LogP contribution in [0.2, 0.25) is 5.02 Å². The zero-order valence-electron chi connectivity index (χ0n) is 17.6. The smallest absolute Gasteiger partial charge is 0.311 e. The maximum absolute atomic E-state index is 12.6. The van der Waals surface area contributed by atoms with E-state index in [4.69, 9.17) is 25.8 Å². The van der Waals surface area contributed by atoms with E-state index in [2.05, 4.69) is 5.10 Å². The predicted octanol–water partition coefficient (Wildman–Crippen LogP) is 4.62. The molecule has 0 bridgehead atoms. The second-order valence-corrected chi connectivity index (χ2v) is 7.28. The third-order valence-electron chi connectivity index (χ3n) is 4.57. The van der Waals surface area contributed by atoms with E-state index in [1.54, 1.807) is 42.6 Å². The molecule has 3 rings (SSSR count). The zero-order valence-corrected chi connectivity index (χ0v) is 18.4. The molecule has 31 heavy (non-hydrogen) atoms. The van der Waals surface area contributed by atoms with Crippen molar-refractivity contribution in [3.63, 3.8) is 0 Å². The van der Waals surface area contributed by atoms with Crippen LogP contribution in [-0.4, -0.2) is 29.0 Å². The average molecular weight is 445 g/mol. The molecule has 0 spiro atoms. The molecule has 0 atom stereocenters. The first-order valence-corrected chi connectivity index (χ1v) is 10.7. The highest BCUT2D eigenvalue weighted by molar-refractivity contribution is 6.31. The number of fused-ring (bicyclic) bond motifs is 1. The molecule has 0 aliphatic heterocycles. The number of para-hydroxylation sites is 1. The summed E-state index contributed by atoms with van der Waals surface area (Å²) < 4.78 is 18.3. The molecule has 0 aliphatic rings. The topological polar surface area (TPSA) is 79.7 Å². The largest absolute Gasteiger partial charge is 0.490 e. The molecule has 0 unspecified atom stereocenters. The first kappa shape index (κ1) is 22.6. The zero-order chi connectivity index (χ0) is 22.2. The van der Waals surface area contributed by atoms with Crippen LogP contribution in [0.4, 0.5) is 0 Å². The summed E-state index contributed by atoms with van der Waals surface area (Å²) in [5.41, 5.74) is -0.230. The van der Waals surface area contributed by atoms with Crippen LogP contribution in [0.1, 0.15) is 33.1 Å². The highest BCUT2D eigenvalue weighted by Gasteiger charge is 2.17. The third-order valence-corrected chi connectivity index (χ3v) is 4.80. The molecule has 2 aromatic carbocycles. The van der Waals surface area contributed by atoms with Crippen molar-refractivity contribution in [2.45, 2.75) is 39.7 Å². The number of rotatable bonds is 10. The number of benzene rings is 2. The lowest BCUT2D eigenvalue weighted by Gasteiger charge is -2.15. The summed E-state index contributed by atoms with van der Waals surface area (Å²) in [5.74, 6) is 0.711. The summed E-state index contributed by atoms with van der Waals surface area (Å²) in [6.07, 6.45) is 3.55. The molecule has 0 aliphatic carbocycles. The summed E-state index contributed by atoms with van der Waals surface area (Å²) in [6.45, 7) is 4.65. The van der Waals surface area contributed by atoms with Gasteiger partial charge in [-0.25, -0.2) is 4.68 Å². The molecule has 0 amide bonds. The number of carbonyl (C=O) groups excluding carboxylic acids is 1. The van der Waals surface area contributed by atoms with Gasteiger partial charge in [0, 0.05) is 16.8 Å². The molecule has 3 aromatic rings. The van der Waals surface area contributed by atoms with E-state index in [1.165, 1.54) is 4.68 Å². The maximum Gasteiger partial charge on any atom is 0.311 e. The molecule has 0 fully saturated rings. The Morgan fingerprint density at radius 1 is 1.13 bits per heavy atom. The molecule has 0 radical (unpaired) electrons. The number of nitrogens with zero attached hydrogens (tertiary/aromatic N) is 2. The lowest BCUT2D eigenvalue weighted by Crippen LogP contribution is -2.25. The fraction of sp³-hybridized carbons (Fsp3) is 0.348. The maximum atomic E-state index is 12.6. The number of hydrogen-bond donors (Lipinski definition) is 0. The van der Waals surface area contributed by atoms with Crippen molar-refractivity contribution in [1.29, 1.82) is 0 Å². The van der Waals surface area contributed by atoms with Crippen LogP contribution in [-0.2, 0) is 11.3 Å². The minimum absolute atomic E-state index is 0.154. The van der Waals surface area contributed by atoms with Crippen LogP contribution in [0.15, 0.2) is 47.4 Å². The first-order chi connectivity index (χ1) is 15.0. The lowest BCUT2D eigenvalue weighted by molar-refractivity contribution is -0.134. The fourth-order valence-electron chi connectivity index (χ4n) is 3.02. The van der Waals surface area contributed by atoms with Gasteiger partial charge in [-0.05, 0) is 43.7 Å². The van der Waals surface area contributed by atoms with Crippen LogP contribution in [0.5, 0.6) is 17.2 Å². The molecule has 1 aromatic heterocycles. The van der Waals surface area contributed by atoms with Gasteiger partial charge < -0.3 is 14.2 Å². The minimum atomic E-state index is -0.343. The van der Waals surface area contributed by atoms with Crippen molar-refractivity contribution in [3.05, 3.63) is 58.0 Å². The van der Waals surface area contributed by atoms with Gasteiger partial charge in [-0.3, -0.25) is 9.59 Å². The number of esters is 1. The highest BCUT2D eigenvalue weighted by Crippen LogP contribution is 2.37.